The highest BCUT2D eigenvalue weighted by Gasteiger charge is 2.34. The summed E-state index contributed by atoms with van der Waals surface area (Å²) in [5, 5.41) is 15.0. The molecule has 348 valence electrons. The summed E-state index contributed by atoms with van der Waals surface area (Å²) in [5.74, 6) is -4.31. The maximum absolute atomic E-state index is 13.8. The Bertz CT molecular complexity index is 1250. The minimum atomic E-state index is -1.13. The quantitative estimate of drug-likeness (QED) is 0.0514. The van der Waals surface area contributed by atoms with Gasteiger partial charge in [-0.3, -0.25) is 28.8 Å². The molecule has 0 rings (SSSR count). The van der Waals surface area contributed by atoms with Crippen LogP contribution in [0.25, 0.3) is 0 Å². The van der Waals surface area contributed by atoms with E-state index in [4.69, 9.17) is 0 Å². The second-order valence-electron chi connectivity index (χ2n) is 18.3. The Labute approximate surface area is 365 Å². The van der Waals surface area contributed by atoms with Gasteiger partial charge in [0.25, 0.3) is 0 Å². The second-order valence-corrected chi connectivity index (χ2v) is 18.3. The van der Waals surface area contributed by atoms with E-state index in [0.29, 0.717) is 19.3 Å². The number of nitrogens with one attached hydrogen (secondary N) is 2. The lowest BCUT2D eigenvalue weighted by atomic mass is 9.87. The number of carbonyl (C=O) groups is 7. The fourth-order valence-electron chi connectivity index (χ4n) is 8.01. The molecule has 11 heteroatoms. The number of likely N-dealkylation sites (N-methyl/N-ethyl adjacent to an activating group) is 1. The number of Topliss-reactive ketones (excluding diaryl/α,β-unsaturated/α-hetero) is 3. The van der Waals surface area contributed by atoms with E-state index in [2.05, 4.69) is 31.4 Å². The standard InChI is InChI=1S/C49H89N3O8/c1-10-13-16-18-19-20-21-22-23-24-27-30-41(53)35-40(29-26-17-14-11-2)48(58)50-39(8)43(54)31-32-45(56)52(9)46(37(6)28-25-15-12-3)44(55)34-38(7)47(57)51-42(49(59)60)33-36(4)5/h36-40,42,46H,10-35H2,1-9H3,(H,50,58)(H,51,57)(H,59,60)/t37?,38-,39-,40+,42+,46+/m1/s1. The lowest BCUT2D eigenvalue weighted by Crippen LogP contribution is -2.49. The van der Waals surface area contributed by atoms with Gasteiger partial charge in [0.15, 0.2) is 11.6 Å². The first-order valence-corrected chi connectivity index (χ1v) is 24.2. The van der Waals surface area contributed by atoms with Gasteiger partial charge in [-0.05, 0) is 44.4 Å². The van der Waals surface area contributed by atoms with Crippen molar-refractivity contribution in [2.24, 2.45) is 23.7 Å². The Morgan fingerprint density at radius 2 is 1.05 bits per heavy atom. The number of nitrogens with zero attached hydrogens (tertiary/aromatic N) is 1. The normalized spacial score (nSPS) is 14.4. The van der Waals surface area contributed by atoms with Gasteiger partial charge in [-0.1, -0.05) is 158 Å². The van der Waals surface area contributed by atoms with Crippen LogP contribution in [0.3, 0.4) is 0 Å². The zero-order chi connectivity index (χ0) is 45.5. The van der Waals surface area contributed by atoms with Gasteiger partial charge in [0.05, 0.1) is 12.1 Å². The molecule has 0 saturated carbocycles. The molecule has 0 saturated heterocycles. The second kappa shape index (κ2) is 34.5. The van der Waals surface area contributed by atoms with Gasteiger partial charge >= 0.3 is 5.97 Å². The van der Waals surface area contributed by atoms with E-state index < -0.39 is 41.8 Å². The number of hydrogen-bond donors (Lipinski definition) is 3. The average Bonchev–Trinajstić information content (AvgIpc) is 3.19. The monoisotopic (exact) mass is 848 g/mol. The minimum absolute atomic E-state index is 0.0455. The third kappa shape index (κ3) is 26.3. The van der Waals surface area contributed by atoms with Crippen molar-refractivity contribution < 1.29 is 38.7 Å². The molecule has 0 spiro atoms. The fourth-order valence-corrected chi connectivity index (χ4v) is 8.01. The molecule has 0 radical (unpaired) electrons. The number of ketones is 3. The summed E-state index contributed by atoms with van der Waals surface area (Å²) in [7, 11) is 1.56. The topological polar surface area (TPSA) is 167 Å². The van der Waals surface area contributed by atoms with Crippen molar-refractivity contribution in [3.05, 3.63) is 0 Å². The molecule has 3 amide bonds. The SMILES string of the molecule is CCCCCCCCCCCCCC(=O)C[C@H](CCCCCC)C(=O)N[C@H](C)C(=O)CCC(=O)N(C)[C@H](C(=O)C[C@@H](C)C(=O)N[C@@H](CC(C)C)C(=O)O)C(C)CCCCC. The van der Waals surface area contributed by atoms with Crippen molar-refractivity contribution in [1.29, 1.82) is 0 Å². The molecule has 1 unspecified atom stereocenters. The van der Waals surface area contributed by atoms with Crippen molar-refractivity contribution in [2.45, 2.75) is 240 Å². The molecule has 11 nitrogen and oxygen atoms in total. The number of rotatable bonds is 39. The third-order valence-corrected chi connectivity index (χ3v) is 12.0. The zero-order valence-electron chi connectivity index (χ0n) is 39.7. The van der Waals surface area contributed by atoms with Crippen LogP contribution < -0.4 is 10.6 Å². The van der Waals surface area contributed by atoms with Crippen molar-refractivity contribution >= 4 is 41.0 Å². The van der Waals surface area contributed by atoms with Gasteiger partial charge in [0.2, 0.25) is 17.7 Å². The molecule has 0 fully saturated rings. The van der Waals surface area contributed by atoms with E-state index in [1.807, 2.05) is 20.8 Å². The summed E-state index contributed by atoms with van der Waals surface area (Å²) < 4.78 is 0. The first-order valence-electron chi connectivity index (χ1n) is 24.2. The van der Waals surface area contributed by atoms with Crippen molar-refractivity contribution in [2.75, 3.05) is 7.05 Å². The first-order chi connectivity index (χ1) is 28.5. The van der Waals surface area contributed by atoms with Crippen LogP contribution in [0.5, 0.6) is 0 Å². The molecular formula is C49H89N3O8. The summed E-state index contributed by atoms with van der Waals surface area (Å²) in [6.45, 7) is 15.3. The Kier molecular flexibility index (Phi) is 32.7. The molecule has 60 heavy (non-hydrogen) atoms. The summed E-state index contributed by atoms with van der Waals surface area (Å²) >= 11 is 0. The number of carboxylic acids is 1. The molecule has 0 aromatic carbocycles. The molecular weight excluding hydrogens is 759 g/mol. The third-order valence-electron chi connectivity index (χ3n) is 12.0. The number of carbonyl (C=O) groups excluding carboxylic acids is 6. The molecule has 0 aliphatic heterocycles. The van der Waals surface area contributed by atoms with Crippen LogP contribution in [0.15, 0.2) is 0 Å². The summed E-state index contributed by atoms with van der Waals surface area (Å²) in [6.07, 6.45) is 21.8. The predicted octanol–water partition coefficient (Wildman–Crippen LogP) is 10.3. The maximum Gasteiger partial charge on any atom is 0.326 e. The van der Waals surface area contributed by atoms with Gasteiger partial charge in [0.1, 0.15) is 11.8 Å². The summed E-state index contributed by atoms with van der Waals surface area (Å²) in [4.78, 5) is 93.4. The molecule has 0 aromatic heterocycles. The zero-order valence-corrected chi connectivity index (χ0v) is 39.7. The highest BCUT2D eigenvalue weighted by Crippen LogP contribution is 2.23. The van der Waals surface area contributed by atoms with Crippen molar-refractivity contribution in [3.8, 4) is 0 Å². The molecule has 0 aliphatic carbocycles. The molecule has 0 aromatic rings. The average molecular weight is 848 g/mol. The summed E-state index contributed by atoms with van der Waals surface area (Å²) in [5.41, 5.74) is 0. The van der Waals surface area contributed by atoms with Crippen LogP contribution in [0, 0.1) is 23.7 Å². The van der Waals surface area contributed by atoms with Crippen LogP contribution in [-0.2, 0) is 33.6 Å². The Morgan fingerprint density at radius 3 is 1.58 bits per heavy atom. The Hall–Kier alpha value is -3.11. The molecule has 6 atom stereocenters. The molecule has 0 aliphatic rings. The first kappa shape index (κ1) is 56.9. The Balaban J connectivity index is 5.38. The minimum Gasteiger partial charge on any atom is -0.480 e. The van der Waals surface area contributed by atoms with E-state index in [1.165, 1.54) is 56.3 Å². The van der Waals surface area contributed by atoms with Crippen LogP contribution >= 0.6 is 0 Å². The van der Waals surface area contributed by atoms with Gasteiger partial charge in [-0.25, -0.2) is 4.79 Å². The molecule has 0 bridgehead atoms. The van der Waals surface area contributed by atoms with Crippen molar-refractivity contribution in [3.63, 3.8) is 0 Å². The molecule has 3 N–H and O–H groups in total. The van der Waals surface area contributed by atoms with E-state index in [1.54, 1.807) is 20.9 Å². The number of aliphatic carboxylic acids is 1. The Morgan fingerprint density at radius 1 is 0.550 bits per heavy atom. The smallest absolute Gasteiger partial charge is 0.326 e. The number of hydrogen-bond acceptors (Lipinski definition) is 7. The number of unbranched alkanes of at least 4 members (excludes halogenated alkanes) is 15. The predicted molar refractivity (Wildman–Crippen MR) is 242 cm³/mol. The maximum atomic E-state index is 13.8. The van der Waals surface area contributed by atoms with Gasteiger partial charge in [0, 0.05) is 51.0 Å². The van der Waals surface area contributed by atoms with Gasteiger partial charge in [-0.2, -0.15) is 0 Å². The van der Waals surface area contributed by atoms with E-state index in [-0.39, 0.29) is 73.1 Å². The van der Waals surface area contributed by atoms with Crippen LogP contribution in [0.2, 0.25) is 0 Å². The summed E-state index contributed by atoms with van der Waals surface area (Å²) in [6, 6.07) is -2.72. The van der Waals surface area contributed by atoms with Crippen molar-refractivity contribution in [1.82, 2.24) is 15.5 Å². The van der Waals surface area contributed by atoms with Crippen LogP contribution in [0.4, 0.5) is 0 Å². The van der Waals surface area contributed by atoms with E-state index in [9.17, 15) is 38.7 Å². The molecule has 0 heterocycles. The largest absolute Gasteiger partial charge is 0.480 e. The number of carboxylic acid groups (broad SMARTS) is 1. The lowest BCUT2D eigenvalue weighted by Gasteiger charge is -2.33. The number of amides is 3. The fraction of sp³-hybridized carbons (Fsp3) is 0.857. The highest BCUT2D eigenvalue weighted by atomic mass is 16.4. The van der Waals surface area contributed by atoms with Gasteiger partial charge < -0.3 is 20.6 Å². The highest BCUT2D eigenvalue weighted by molar-refractivity contribution is 5.95. The van der Waals surface area contributed by atoms with Gasteiger partial charge in [-0.15, -0.1) is 0 Å². The van der Waals surface area contributed by atoms with E-state index in [0.717, 1.165) is 64.2 Å². The van der Waals surface area contributed by atoms with Crippen LogP contribution in [0.1, 0.15) is 222 Å². The lowest BCUT2D eigenvalue weighted by molar-refractivity contribution is -0.144. The van der Waals surface area contributed by atoms with Crippen LogP contribution in [-0.4, -0.2) is 76.2 Å². The van der Waals surface area contributed by atoms with E-state index >= 15 is 0 Å².